The maximum atomic E-state index is 12.9. The topological polar surface area (TPSA) is 66.1 Å². The number of imide groups is 1. The molecule has 6 heteroatoms. The summed E-state index contributed by atoms with van der Waals surface area (Å²) >= 11 is 0.922. The van der Waals surface area contributed by atoms with E-state index < -0.39 is 0 Å². The van der Waals surface area contributed by atoms with Crippen molar-refractivity contribution in [2.24, 2.45) is 0 Å². The molecular weight excluding hydrogens is 382 g/mol. The number of rotatable bonds is 4. The highest BCUT2D eigenvalue weighted by molar-refractivity contribution is 8.18. The summed E-state index contributed by atoms with van der Waals surface area (Å²) in [4.78, 5) is 26.9. The summed E-state index contributed by atoms with van der Waals surface area (Å²) in [5, 5.41) is 8.92. The lowest BCUT2D eigenvalue weighted by molar-refractivity contribution is -0.123. The van der Waals surface area contributed by atoms with Crippen LogP contribution in [0.3, 0.4) is 0 Å². The Morgan fingerprint density at radius 3 is 2.69 bits per heavy atom. The Bertz CT molecular complexity index is 1190. The summed E-state index contributed by atoms with van der Waals surface area (Å²) < 4.78 is 1.98. The van der Waals surface area contributed by atoms with Crippen LogP contribution in [0, 0.1) is 18.3 Å². The number of nitriles is 1. The summed E-state index contributed by atoms with van der Waals surface area (Å²) in [7, 11) is 0. The SMILES string of the molecule is Cc1cccc(-n2cccc2/C=C2/SC(=O)N(Cc3ccccc3C#N)C2=O)c1. The lowest BCUT2D eigenvalue weighted by Gasteiger charge is -2.13. The van der Waals surface area contributed by atoms with E-state index in [1.165, 1.54) is 4.90 Å². The van der Waals surface area contributed by atoms with Crippen LogP contribution in [0.2, 0.25) is 0 Å². The van der Waals surface area contributed by atoms with E-state index in [9.17, 15) is 14.9 Å². The Morgan fingerprint density at radius 1 is 1.07 bits per heavy atom. The monoisotopic (exact) mass is 399 g/mol. The number of benzene rings is 2. The van der Waals surface area contributed by atoms with E-state index in [1.807, 2.05) is 48.0 Å². The molecule has 0 radical (unpaired) electrons. The van der Waals surface area contributed by atoms with E-state index >= 15 is 0 Å². The maximum absolute atomic E-state index is 12.9. The number of nitrogens with zero attached hydrogens (tertiary/aromatic N) is 3. The van der Waals surface area contributed by atoms with Gasteiger partial charge in [-0.2, -0.15) is 5.26 Å². The van der Waals surface area contributed by atoms with Crippen LogP contribution in [0.15, 0.2) is 71.8 Å². The fourth-order valence-corrected chi connectivity index (χ4v) is 4.06. The van der Waals surface area contributed by atoms with Crippen molar-refractivity contribution in [2.75, 3.05) is 0 Å². The van der Waals surface area contributed by atoms with Gasteiger partial charge >= 0.3 is 0 Å². The Hall–Kier alpha value is -3.56. The second kappa shape index (κ2) is 7.82. The van der Waals surface area contributed by atoms with Crippen LogP contribution in [-0.4, -0.2) is 20.6 Å². The van der Waals surface area contributed by atoms with Crippen molar-refractivity contribution in [3.63, 3.8) is 0 Å². The first-order valence-electron chi connectivity index (χ1n) is 9.04. The smallest absolute Gasteiger partial charge is 0.293 e. The third-order valence-electron chi connectivity index (χ3n) is 4.68. The van der Waals surface area contributed by atoms with Crippen LogP contribution >= 0.6 is 11.8 Å². The van der Waals surface area contributed by atoms with Crippen molar-refractivity contribution in [3.05, 3.63) is 94.1 Å². The predicted octanol–water partition coefficient (Wildman–Crippen LogP) is 4.89. The van der Waals surface area contributed by atoms with Gasteiger partial charge in [0.25, 0.3) is 11.1 Å². The van der Waals surface area contributed by atoms with Crippen molar-refractivity contribution in [2.45, 2.75) is 13.5 Å². The minimum absolute atomic E-state index is 0.0879. The molecule has 29 heavy (non-hydrogen) atoms. The fourth-order valence-electron chi connectivity index (χ4n) is 3.23. The van der Waals surface area contributed by atoms with E-state index in [4.69, 9.17) is 0 Å². The summed E-state index contributed by atoms with van der Waals surface area (Å²) in [6, 6.07) is 21.0. The highest BCUT2D eigenvalue weighted by atomic mass is 32.2. The third kappa shape index (κ3) is 3.73. The number of aryl methyl sites for hydroxylation is 1. The summed E-state index contributed by atoms with van der Waals surface area (Å²) in [5.41, 5.74) is 4.06. The van der Waals surface area contributed by atoms with Crippen molar-refractivity contribution >= 4 is 29.0 Å². The van der Waals surface area contributed by atoms with Crippen molar-refractivity contribution < 1.29 is 9.59 Å². The van der Waals surface area contributed by atoms with Crippen molar-refractivity contribution in [3.8, 4) is 11.8 Å². The molecule has 0 aliphatic carbocycles. The highest BCUT2D eigenvalue weighted by Gasteiger charge is 2.35. The zero-order valence-electron chi connectivity index (χ0n) is 15.7. The normalized spacial score (nSPS) is 15.2. The van der Waals surface area contributed by atoms with Crippen molar-refractivity contribution in [1.82, 2.24) is 9.47 Å². The Morgan fingerprint density at radius 2 is 1.90 bits per heavy atom. The lowest BCUT2D eigenvalue weighted by atomic mass is 10.1. The molecule has 4 rings (SSSR count). The van der Waals surface area contributed by atoms with Gasteiger partial charge in [-0.15, -0.1) is 0 Å². The Kier molecular flexibility index (Phi) is 5.07. The molecule has 0 spiro atoms. The maximum Gasteiger partial charge on any atom is 0.293 e. The molecule has 2 amide bonds. The molecule has 1 saturated heterocycles. The lowest BCUT2D eigenvalue weighted by Crippen LogP contribution is -2.27. The van der Waals surface area contributed by atoms with Gasteiger partial charge in [0.2, 0.25) is 0 Å². The number of carbonyl (C=O) groups excluding carboxylic acids is 2. The molecule has 1 aliphatic rings. The first-order valence-corrected chi connectivity index (χ1v) is 9.86. The van der Waals surface area contributed by atoms with E-state index in [0.29, 0.717) is 16.0 Å². The van der Waals surface area contributed by atoms with Gasteiger partial charge in [0.05, 0.1) is 23.1 Å². The van der Waals surface area contributed by atoms with Crippen LogP contribution in [-0.2, 0) is 11.3 Å². The van der Waals surface area contributed by atoms with Crippen molar-refractivity contribution in [1.29, 1.82) is 5.26 Å². The molecular formula is C23H17N3O2S. The molecule has 0 atom stereocenters. The summed E-state index contributed by atoms with van der Waals surface area (Å²) in [5.74, 6) is -0.343. The molecule has 1 aromatic heterocycles. The predicted molar refractivity (Wildman–Crippen MR) is 113 cm³/mol. The number of hydrogen-bond donors (Lipinski definition) is 0. The molecule has 5 nitrogen and oxygen atoms in total. The molecule has 0 bridgehead atoms. The van der Waals surface area contributed by atoms with Gasteiger partial charge in [-0.3, -0.25) is 14.5 Å². The second-order valence-electron chi connectivity index (χ2n) is 6.68. The van der Waals surface area contributed by atoms with Gasteiger partial charge in [-0.1, -0.05) is 30.3 Å². The largest absolute Gasteiger partial charge is 0.317 e. The molecule has 2 aromatic carbocycles. The number of thioether (sulfide) groups is 1. The zero-order valence-corrected chi connectivity index (χ0v) is 16.5. The first-order chi connectivity index (χ1) is 14.1. The zero-order chi connectivity index (χ0) is 20.4. The van der Waals surface area contributed by atoms with E-state index in [1.54, 1.807) is 30.3 Å². The van der Waals surface area contributed by atoms with Gasteiger partial charge in [-0.05, 0) is 66.2 Å². The molecule has 1 fully saturated rings. The number of hydrogen-bond acceptors (Lipinski definition) is 4. The molecule has 1 aliphatic heterocycles. The van der Waals surface area contributed by atoms with Crippen LogP contribution in [0.1, 0.15) is 22.4 Å². The number of carbonyl (C=O) groups is 2. The van der Waals surface area contributed by atoms with Crippen LogP contribution in [0.4, 0.5) is 4.79 Å². The highest BCUT2D eigenvalue weighted by Crippen LogP contribution is 2.34. The number of aromatic nitrogens is 1. The van der Waals surface area contributed by atoms with Gasteiger partial charge in [0, 0.05) is 17.6 Å². The van der Waals surface area contributed by atoms with E-state index in [2.05, 4.69) is 12.1 Å². The molecule has 0 saturated carbocycles. The van der Waals surface area contributed by atoms with Crippen LogP contribution in [0.25, 0.3) is 11.8 Å². The molecule has 0 unspecified atom stereocenters. The van der Waals surface area contributed by atoms with Gasteiger partial charge in [-0.25, -0.2) is 0 Å². The quantitative estimate of drug-likeness (QED) is 0.586. The minimum Gasteiger partial charge on any atom is -0.317 e. The van der Waals surface area contributed by atoms with Gasteiger partial charge in [0.1, 0.15) is 0 Å². The number of amides is 2. The van der Waals surface area contributed by atoms with Crippen LogP contribution in [0.5, 0.6) is 0 Å². The first kappa shape index (κ1) is 18.8. The summed E-state index contributed by atoms with van der Waals surface area (Å²) in [6.45, 7) is 2.11. The van der Waals surface area contributed by atoms with Crippen LogP contribution < -0.4 is 0 Å². The van der Waals surface area contributed by atoms with Gasteiger partial charge < -0.3 is 4.57 Å². The second-order valence-corrected chi connectivity index (χ2v) is 7.67. The Balaban J connectivity index is 1.63. The average Bonchev–Trinajstić information content (AvgIpc) is 3.28. The fraction of sp³-hybridized carbons (Fsp3) is 0.0870. The average molecular weight is 399 g/mol. The molecule has 2 heterocycles. The molecule has 142 valence electrons. The minimum atomic E-state index is -0.343. The Labute approximate surface area is 172 Å². The molecule has 3 aromatic rings. The van der Waals surface area contributed by atoms with E-state index in [0.717, 1.165) is 28.7 Å². The van der Waals surface area contributed by atoms with E-state index in [-0.39, 0.29) is 17.7 Å². The molecule has 0 N–H and O–H groups in total. The summed E-state index contributed by atoms with van der Waals surface area (Å²) in [6.07, 6.45) is 3.66. The standard InChI is InChI=1S/C23H17N3O2S/c1-16-6-4-9-19(12-16)25-11-5-10-20(25)13-21-22(27)26(23(28)29-21)15-18-8-3-2-7-17(18)14-24/h2-13H,15H2,1H3/b21-13+. The van der Waals surface area contributed by atoms with Gasteiger partial charge in [0.15, 0.2) is 0 Å². The third-order valence-corrected chi connectivity index (χ3v) is 5.59.